The highest BCUT2D eigenvalue weighted by atomic mass is 79.9. The molecule has 0 aliphatic rings. The van der Waals surface area contributed by atoms with Crippen LogP contribution in [0.15, 0.2) is 29.0 Å². The Labute approximate surface area is 105 Å². The summed E-state index contributed by atoms with van der Waals surface area (Å²) >= 11 is 3.22. The van der Waals surface area contributed by atoms with Crippen LogP contribution in [-0.2, 0) is 0 Å². The Morgan fingerprint density at radius 1 is 1.24 bits per heavy atom. The molecule has 2 aromatic rings. The molecule has 0 aliphatic carbocycles. The molecule has 0 saturated carbocycles. The van der Waals surface area contributed by atoms with Crippen LogP contribution in [-0.4, -0.2) is 17.1 Å². The molecule has 0 amide bonds. The number of aromatic nitrogens is 2. The van der Waals surface area contributed by atoms with Crippen molar-refractivity contribution in [2.24, 2.45) is 0 Å². The van der Waals surface area contributed by atoms with Crippen LogP contribution in [0.3, 0.4) is 0 Å². The Morgan fingerprint density at radius 2 is 2.00 bits per heavy atom. The Balaban J connectivity index is 2.60. The zero-order valence-electron chi connectivity index (χ0n) is 8.75. The molecule has 3 nitrogen and oxygen atoms in total. The molecular formula is C11H7BrF2N2O. The number of rotatable bonds is 2. The minimum Gasteiger partial charge on any atom is -0.480 e. The predicted octanol–water partition coefficient (Wildman–Crippen LogP) is 3.19. The van der Waals surface area contributed by atoms with Crippen molar-refractivity contribution in [3.05, 3.63) is 40.6 Å². The lowest BCUT2D eigenvalue weighted by Gasteiger charge is -2.07. The maximum Gasteiger partial charge on any atom is 0.231 e. The van der Waals surface area contributed by atoms with Crippen molar-refractivity contribution in [3.8, 4) is 17.1 Å². The monoisotopic (exact) mass is 300 g/mol. The highest BCUT2D eigenvalue weighted by molar-refractivity contribution is 9.10. The van der Waals surface area contributed by atoms with Crippen molar-refractivity contribution in [1.82, 2.24) is 9.97 Å². The van der Waals surface area contributed by atoms with Crippen LogP contribution in [0.5, 0.6) is 5.88 Å². The van der Waals surface area contributed by atoms with Gasteiger partial charge in [-0.2, -0.15) is 0 Å². The summed E-state index contributed by atoms with van der Waals surface area (Å²) in [5.74, 6) is -1.03. The van der Waals surface area contributed by atoms with Gasteiger partial charge in [-0.3, -0.25) is 0 Å². The fraction of sp³-hybridized carbons (Fsp3) is 0.0909. The number of hydrogen-bond acceptors (Lipinski definition) is 3. The zero-order valence-corrected chi connectivity index (χ0v) is 10.3. The van der Waals surface area contributed by atoms with Gasteiger partial charge in [0, 0.05) is 11.6 Å². The average molecular weight is 301 g/mol. The van der Waals surface area contributed by atoms with Crippen molar-refractivity contribution in [3.63, 3.8) is 0 Å². The molecule has 0 unspecified atom stereocenters. The molecule has 88 valence electrons. The van der Waals surface area contributed by atoms with E-state index in [9.17, 15) is 8.78 Å². The second kappa shape index (κ2) is 4.75. The van der Waals surface area contributed by atoms with Gasteiger partial charge < -0.3 is 4.74 Å². The number of halogens is 3. The Hall–Kier alpha value is -1.56. The number of hydrogen-bond donors (Lipinski definition) is 0. The van der Waals surface area contributed by atoms with Gasteiger partial charge in [0.05, 0.1) is 12.8 Å². The Bertz CT molecular complexity index is 563. The van der Waals surface area contributed by atoms with E-state index in [-0.39, 0.29) is 5.56 Å². The smallest absolute Gasteiger partial charge is 0.231 e. The van der Waals surface area contributed by atoms with Gasteiger partial charge in [0.2, 0.25) is 5.88 Å². The lowest BCUT2D eigenvalue weighted by Crippen LogP contribution is -1.95. The standard InChI is InChI=1S/C11H7BrF2N2O/c1-17-11-9(12)10(15-5-16-11)7-3-2-6(13)4-8(7)14/h2-5H,1H3. The van der Waals surface area contributed by atoms with E-state index < -0.39 is 11.6 Å². The molecule has 0 radical (unpaired) electrons. The minimum atomic E-state index is -0.688. The number of benzene rings is 1. The first kappa shape index (κ1) is 11.9. The van der Waals surface area contributed by atoms with Crippen LogP contribution in [0.1, 0.15) is 0 Å². The minimum absolute atomic E-state index is 0.180. The molecular weight excluding hydrogens is 294 g/mol. The van der Waals surface area contributed by atoms with Gasteiger partial charge in [0.15, 0.2) is 0 Å². The summed E-state index contributed by atoms with van der Waals surface area (Å²) in [5.41, 5.74) is 0.494. The number of nitrogens with zero attached hydrogens (tertiary/aromatic N) is 2. The van der Waals surface area contributed by atoms with Crippen LogP contribution < -0.4 is 4.74 Å². The summed E-state index contributed by atoms with van der Waals surface area (Å²) < 4.78 is 31.8. The summed E-state index contributed by atoms with van der Waals surface area (Å²) in [4.78, 5) is 7.80. The first-order chi connectivity index (χ1) is 8.13. The lowest BCUT2D eigenvalue weighted by molar-refractivity contribution is 0.394. The normalized spacial score (nSPS) is 10.4. The summed E-state index contributed by atoms with van der Waals surface area (Å²) in [6, 6.07) is 3.28. The van der Waals surface area contributed by atoms with Gasteiger partial charge in [0.1, 0.15) is 22.4 Å². The molecule has 0 saturated heterocycles. The van der Waals surface area contributed by atoms with Crippen LogP contribution in [0, 0.1) is 11.6 Å². The van der Waals surface area contributed by atoms with Crippen LogP contribution in [0.2, 0.25) is 0 Å². The van der Waals surface area contributed by atoms with Crippen LogP contribution in [0.25, 0.3) is 11.3 Å². The predicted molar refractivity (Wildman–Crippen MR) is 61.6 cm³/mol. The van der Waals surface area contributed by atoms with Crippen molar-refractivity contribution in [1.29, 1.82) is 0 Å². The summed E-state index contributed by atoms with van der Waals surface area (Å²) in [5, 5.41) is 0. The topological polar surface area (TPSA) is 35.0 Å². The first-order valence-corrected chi connectivity index (χ1v) is 5.42. The molecule has 0 aliphatic heterocycles. The van der Waals surface area contributed by atoms with E-state index in [1.54, 1.807) is 0 Å². The molecule has 0 fully saturated rings. The van der Waals surface area contributed by atoms with Crippen molar-refractivity contribution >= 4 is 15.9 Å². The summed E-state index contributed by atoms with van der Waals surface area (Å²) in [6.07, 6.45) is 1.25. The van der Waals surface area contributed by atoms with Crippen molar-refractivity contribution in [2.75, 3.05) is 7.11 Å². The fourth-order valence-corrected chi connectivity index (χ4v) is 1.95. The SMILES string of the molecule is COc1ncnc(-c2ccc(F)cc2F)c1Br. The van der Waals surface area contributed by atoms with E-state index in [1.807, 2.05) is 0 Å². The second-order valence-corrected chi connectivity index (χ2v) is 3.96. The van der Waals surface area contributed by atoms with E-state index in [1.165, 1.54) is 25.6 Å². The number of ether oxygens (including phenoxy) is 1. The van der Waals surface area contributed by atoms with E-state index >= 15 is 0 Å². The first-order valence-electron chi connectivity index (χ1n) is 4.63. The van der Waals surface area contributed by atoms with E-state index in [0.717, 1.165) is 6.07 Å². The maximum absolute atomic E-state index is 13.6. The van der Waals surface area contributed by atoms with Crippen LogP contribution in [0.4, 0.5) is 8.78 Å². The van der Waals surface area contributed by atoms with Gasteiger partial charge in [-0.25, -0.2) is 18.7 Å². The zero-order chi connectivity index (χ0) is 12.4. The molecule has 1 aromatic carbocycles. The molecule has 6 heteroatoms. The largest absolute Gasteiger partial charge is 0.480 e. The molecule has 0 atom stereocenters. The van der Waals surface area contributed by atoms with Crippen molar-refractivity contribution < 1.29 is 13.5 Å². The van der Waals surface area contributed by atoms with Gasteiger partial charge in [-0.1, -0.05) is 0 Å². The maximum atomic E-state index is 13.6. The van der Waals surface area contributed by atoms with E-state index in [2.05, 4.69) is 25.9 Å². The van der Waals surface area contributed by atoms with E-state index in [0.29, 0.717) is 16.0 Å². The van der Waals surface area contributed by atoms with E-state index in [4.69, 9.17) is 4.74 Å². The third kappa shape index (κ3) is 2.26. The summed E-state index contributed by atoms with van der Waals surface area (Å²) in [6.45, 7) is 0. The van der Waals surface area contributed by atoms with Gasteiger partial charge >= 0.3 is 0 Å². The van der Waals surface area contributed by atoms with Gasteiger partial charge in [-0.15, -0.1) is 0 Å². The molecule has 17 heavy (non-hydrogen) atoms. The third-order valence-corrected chi connectivity index (χ3v) is 2.85. The van der Waals surface area contributed by atoms with Crippen LogP contribution >= 0.6 is 15.9 Å². The molecule has 0 N–H and O–H groups in total. The second-order valence-electron chi connectivity index (χ2n) is 3.17. The van der Waals surface area contributed by atoms with Crippen molar-refractivity contribution in [2.45, 2.75) is 0 Å². The molecule has 1 aromatic heterocycles. The molecule has 1 heterocycles. The number of methoxy groups -OCH3 is 1. The van der Waals surface area contributed by atoms with Gasteiger partial charge in [0.25, 0.3) is 0 Å². The lowest BCUT2D eigenvalue weighted by atomic mass is 10.1. The molecule has 0 bridgehead atoms. The fourth-order valence-electron chi connectivity index (χ4n) is 1.37. The Kier molecular flexibility index (Phi) is 3.33. The molecule has 2 rings (SSSR count). The Morgan fingerprint density at radius 3 is 2.65 bits per heavy atom. The average Bonchev–Trinajstić information content (AvgIpc) is 2.30. The highest BCUT2D eigenvalue weighted by Crippen LogP contribution is 2.33. The quantitative estimate of drug-likeness (QED) is 0.854. The third-order valence-electron chi connectivity index (χ3n) is 2.14. The molecule has 0 spiro atoms. The summed E-state index contributed by atoms with van der Waals surface area (Å²) in [7, 11) is 1.44. The van der Waals surface area contributed by atoms with Gasteiger partial charge in [-0.05, 0) is 28.1 Å². The highest BCUT2D eigenvalue weighted by Gasteiger charge is 2.14.